The van der Waals surface area contributed by atoms with Gasteiger partial charge in [0, 0.05) is 18.3 Å². The van der Waals surface area contributed by atoms with Crippen molar-refractivity contribution in [2.45, 2.75) is 19.6 Å². The van der Waals surface area contributed by atoms with E-state index in [0.29, 0.717) is 17.9 Å². The number of aromatic nitrogens is 3. The second-order valence-corrected chi connectivity index (χ2v) is 5.13. The van der Waals surface area contributed by atoms with E-state index < -0.39 is 17.6 Å². The highest BCUT2D eigenvalue weighted by molar-refractivity contribution is 6.07. The molecule has 9 heteroatoms. The number of carbonyl (C=O) groups excluding carboxylic acids is 1. The molecule has 3 aromatic rings. The van der Waals surface area contributed by atoms with E-state index >= 15 is 0 Å². The topological polar surface area (TPSA) is 73.0 Å². The SMILES string of the molecule is CCn1ncc(-c2ccno2)c1C(=O)Nc1ccc(C(F)(F)F)cc1. The van der Waals surface area contributed by atoms with Crippen molar-refractivity contribution in [3.05, 3.63) is 54.0 Å². The van der Waals surface area contributed by atoms with Crippen LogP contribution in [-0.2, 0) is 12.7 Å². The number of hydrogen-bond acceptors (Lipinski definition) is 4. The highest BCUT2D eigenvalue weighted by atomic mass is 19.4. The van der Waals surface area contributed by atoms with Gasteiger partial charge in [-0.2, -0.15) is 18.3 Å². The molecular formula is C16H13F3N4O2. The molecular weight excluding hydrogens is 337 g/mol. The summed E-state index contributed by atoms with van der Waals surface area (Å²) in [6, 6.07) is 5.79. The molecule has 0 spiro atoms. The van der Waals surface area contributed by atoms with Gasteiger partial charge in [0.05, 0.1) is 23.5 Å². The second-order valence-electron chi connectivity index (χ2n) is 5.13. The molecule has 0 aliphatic carbocycles. The summed E-state index contributed by atoms with van der Waals surface area (Å²) in [4.78, 5) is 12.6. The van der Waals surface area contributed by atoms with Crippen molar-refractivity contribution in [2.75, 3.05) is 5.32 Å². The van der Waals surface area contributed by atoms with Crippen LogP contribution >= 0.6 is 0 Å². The first-order chi connectivity index (χ1) is 11.9. The van der Waals surface area contributed by atoms with Crippen LogP contribution in [0.2, 0.25) is 0 Å². The first kappa shape index (κ1) is 16.7. The summed E-state index contributed by atoms with van der Waals surface area (Å²) in [5.74, 6) is -0.136. The standard InChI is InChI=1S/C16H13F3N4O2/c1-2-23-14(12(9-20-23)13-7-8-21-25-13)15(24)22-11-5-3-10(4-6-11)16(17,18)19/h3-9H,2H2,1H3,(H,22,24). The normalized spacial score (nSPS) is 11.5. The monoisotopic (exact) mass is 350 g/mol. The van der Waals surface area contributed by atoms with Crippen molar-refractivity contribution in [3.8, 4) is 11.3 Å². The fourth-order valence-electron chi connectivity index (χ4n) is 2.33. The van der Waals surface area contributed by atoms with E-state index in [-0.39, 0.29) is 11.4 Å². The highest BCUT2D eigenvalue weighted by Gasteiger charge is 2.30. The van der Waals surface area contributed by atoms with Crippen LogP contribution in [0.5, 0.6) is 0 Å². The molecule has 2 heterocycles. The average Bonchev–Trinajstić information content (AvgIpc) is 3.23. The maximum atomic E-state index is 12.6. The molecule has 6 nitrogen and oxygen atoms in total. The zero-order chi connectivity index (χ0) is 18.0. The second kappa shape index (κ2) is 6.42. The van der Waals surface area contributed by atoms with Gasteiger partial charge in [-0.15, -0.1) is 0 Å². The Balaban J connectivity index is 1.88. The van der Waals surface area contributed by atoms with Crippen molar-refractivity contribution in [3.63, 3.8) is 0 Å². The number of benzene rings is 1. The lowest BCUT2D eigenvalue weighted by atomic mass is 10.1. The van der Waals surface area contributed by atoms with Gasteiger partial charge in [-0.25, -0.2) is 0 Å². The Morgan fingerprint density at radius 1 is 1.24 bits per heavy atom. The van der Waals surface area contributed by atoms with Crippen LogP contribution in [0, 0.1) is 0 Å². The predicted octanol–water partition coefficient (Wildman–Crippen LogP) is 3.83. The van der Waals surface area contributed by atoms with Crippen LogP contribution in [0.3, 0.4) is 0 Å². The van der Waals surface area contributed by atoms with Crippen molar-refractivity contribution in [1.29, 1.82) is 0 Å². The largest absolute Gasteiger partial charge is 0.416 e. The van der Waals surface area contributed by atoms with E-state index in [1.54, 1.807) is 6.07 Å². The van der Waals surface area contributed by atoms with Gasteiger partial charge in [0.15, 0.2) is 5.76 Å². The number of rotatable bonds is 4. The summed E-state index contributed by atoms with van der Waals surface area (Å²) >= 11 is 0. The zero-order valence-corrected chi connectivity index (χ0v) is 13.0. The summed E-state index contributed by atoms with van der Waals surface area (Å²) < 4.78 is 44.3. The van der Waals surface area contributed by atoms with Gasteiger partial charge in [0.2, 0.25) is 0 Å². The number of carbonyl (C=O) groups is 1. The molecule has 130 valence electrons. The first-order valence-corrected chi connectivity index (χ1v) is 7.35. The summed E-state index contributed by atoms with van der Waals surface area (Å²) in [6.07, 6.45) is -1.51. The molecule has 3 rings (SSSR count). The number of nitrogens with one attached hydrogen (secondary N) is 1. The van der Waals surface area contributed by atoms with Crippen molar-refractivity contribution < 1.29 is 22.5 Å². The number of aryl methyl sites for hydroxylation is 1. The molecule has 0 saturated heterocycles. The minimum absolute atomic E-state index is 0.235. The maximum absolute atomic E-state index is 12.6. The Hall–Kier alpha value is -3.10. The lowest BCUT2D eigenvalue weighted by Crippen LogP contribution is -2.18. The summed E-state index contributed by atoms with van der Waals surface area (Å²) in [5.41, 5.74) is 0.139. The van der Waals surface area contributed by atoms with Crippen LogP contribution < -0.4 is 5.32 Å². The number of alkyl halides is 3. The quantitative estimate of drug-likeness (QED) is 0.776. The fourth-order valence-corrected chi connectivity index (χ4v) is 2.33. The predicted molar refractivity (Wildman–Crippen MR) is 82.8 cm³/mol. The molecule has 0 radical (unpaired) electrons. The third-order valence-electron chi connectivity index (χ3n) is 3.53. The van der Waals surface area contributed by atoms with E-state index in [9.17, 15) is 18.0 Å². The Kier molecular flexibility index (Phi) is 4.30. The van der Waals surface area contributed by atoms with Gasteiger partial charge in [-0.05, 0) is 31.2 Å². The number of nitrogens with zero attached hydrogens (tertiary/aromatic N) is 3. The summed E-state index contributed by atoms with van der Waals surface area (Å²) in [6.45, 7) is 2.25. The zero-order valence-electron chi connectivity index (χ0n) is 13.0. The van der Waals surface area contributed by atoms with Gasteiger partial charge >= 0.3 is 6.18 Å². The van der Waals surface area contributed by atoms with Crippen LogP contribution in [-0.4, -0.2) is 20.8 Å². The Labute approximate surface area is 140 Å². The van der Waals surface area contributed by atoms with E-state index in [4.69, 9.17) is 4.52 Å². The summed E-state index contributed by atoms with van der Waals surface area (Å²) in [5, 5.41) is 10.3. The van der Waals surface area contributed by atoms with Crippen molar-refractivity contribution in [1.82, 2.24) is 14.9 Å². The molecule has 0 fully saturated rings. The van der Waals surface area contributed by atoms with E-state index in [1.165, 1.54) is 29.2 Å². The first-order valence-electron chi connectivity index (χ1n) is 7.35. The molecule has 2 aromatic heterocycles. The number of anilines is 1. The third-order valence-corrected chi connectivity index (χ3v) is 3.53. The Bertz CT molecular complexity index is 868. The van der Waals surface area contributed by atoms with Gasteiger partial charge in [0.25, 0.3) is 5.91 Å². The molecule has 1 amide bonds. The molecule has 1 aromatic carbocycles. The molecule has 0 atom stereocenters. The van der Waals surface area contributed by atoms with E-state index in [1.807, 2.05) is 6.92 Å². The molecule has 0 saturated carbocycles. The lowest BCUT2D eigenvalue weighted by Gasteiger charge is -2.10. The fraction of sp³-hybridized carbons (Fsp3) is 0.188. The molecule has 0 unspecified atom stereocenters. The molecule has 0 bridgehead atoms. The number of amides is 1. The minimum atomic E-state index is -4.43. The number of hydrogen-bond donors (Lipinski definition) is 1. The summed E-state index contributed by atoms with van der Waals surface area (Å²) in [7, 11) is 0. The molecule has 1 N–H and O–H groups in total. The highest BCUT2D eigenvalue weighted by Crippen LogP contribution is 2.30. The molecule has 0 aliphatic heterocycles. The van der Waals surface area contributed by atoms with Crippen LogP contribution in [0.25, 0.3) is 11.3 Å². The number of halogens is 3. The van der Waals surface area contributed by atoms with E-state index in [0.717, 1.165) is 12.1 Å². The van der Waals surface area contributed by atoms with Gasteiger partial charge in [0.1, 0.15) is 5.69 Å². The smallest absolute Gasteiger partial charge is 0.356 e. The van der Waals surface area contributed by atoms with Crippen LogP contribution in [0.15, 0.2) is 47.2 Å². The van der Waals surface area contributed by atoms with Crippen LogP contribution in [0.4, 0.5) is 18.9 Å². The van der Waals surface area contributed by atoms with Crippen LogP contribution in [0.1, 0.15) is 23.0 Å². The van der Waals surface area contributed by atoms with Crippen molar-refractivity contribution in [2.24, 2.45) is 0 Å². The molecule has 0 aliphatic rings. The third kappa shape index (κ3) is 3.39. The van der Waals surface area contributed by atoms with Gasteiger partial charge in [-0.3, -0.25) is 9.48 Å². The maximum Gasteiger partial charge on any atom is 0.416 e. The minimum Gasteiger partial charge on any atom is -0.356 e. The average molecular weight is 350 g/mol. The van der Waals surface area contributed by atoms with Gasteiger partial charge in [-0.1, -0.05) is 5.16 Å². The van der Waals surface area contributed by atoms with E-state index in [2.05, 4.69) is 15.6 Å². The lowest BCUT2D eigenvalue weighted by molar-refractivity contribution is -0.137. The Morgan fingerprint density at radius 2 is 1.96 bits per heavy atom. The molecule has 25 heavy (non-hydrogen) atoms. The van der Waals surface area contributed by atoms with Crippen molar-refractivity contribution >= 4 is 11.6 Å². The van der Waals surface area contributed by atoms with Gasteiger partial charge < -0.3 is 9.84 Å². The Morgan fingerprint density at radius 3 is 2.52 bits per heavy atom.